The molecule has 1 fully saturated rings. The van der Waals surface area contributed by atoms with Gasteiger partial charge in [-0.1, -0.05) is 60.7 Å². The first kappa shape index (κ1) is 17.6. The molecule has 0 radical (unpaired) electrons. The van der Waals surface area contributed by atoms with E-state index in [1.54, 1.807) is 6.92 Å². The molecule has 3 atom stereocenters. The van der Waals surface area contributed by atoms with Crippen molar-refractivity contribution in [1.82, 2.24) is 0 Å². The third kappa shape index (κ3) is 4.25. The maximum Gasteiger partial charge on any atom is 0.338 e. The number of carbonyl (C=O) groups is 1. The lowest BCUT2D eigenvalue weighted by molar-refractivity contribution is -0.160. The van der Waals surface area contributed by atoms with Crippen molar-refractivity contribution in [3.05, 3.63) is 71.8 Å². The molecule has 2 aromatic rings. The summed E-state index contributed by atoms with van der Waals surface area (Å²) in [4.78, 5) is 11.8. The van der Waals surface area contributed by atoms with Crippen molar-refractivity contribution in [2.24, 2.45) is 0 Å². The lowest BCUT2D eigenvalue weighted by atomic mass is 9.98. The van der Waals surface area contributed by atoms with E-state index in [-0.39, 0.29) is 13.2 Å². The van der Waals surface area contributed by atoms with E-state index in [0.717, 1.165) is 11.1 Å². The number of aliphatic hydroxyl groups excluding tert-OH is 1. The van der Waals surface area contributed by atoms with Crippen LogP contribution in [0.25, 0.3) is 0 Å². The normalized spacial score (nSPS) is 25.8. The minimum Gasteiger partial charge on any atom is -0.452 e. The Balaban J connectivity index is 1.61. The number of hydrogen-bond donors (Lipinski definition) is 1. The van der Waals surface area contributed by atoms with Crippen molar-refractivity contribution in [3.8, 4) is 0 Å². The second-order valence-electron chi connectivity index (χ2n) is 6.37. The fraction of sp³-hybridized carbons (Fsp3) is 0.350. The van der Waals surface area contributed by atoms with E-state index in [1.807, 2.05) is 60.7 Å². The highest BCUT2D eigenvalue weighted by Gasteiger charge is 2.53. The molecule has 0 aromatic heterocycles. The van der Waals surface area contributed by atoms with Crippen LogP contribution in [-0.2, 0) is 32.2 Å². The van der Waals surface area contributed by atoms with E-state index in [0.29, 0.717) is 6.61 Å². The first-order valence-corrected chi connectivity index (χ1v) is 8.27. The lowest BCUT2D eigenvalue weighted by Gasteiger charge is -2.29. The topological polar surface area (TPSA) is 65.0 Å². The highest BCUT2D eigenvalue weighted by atomic mass is 16.6. The summed E-state index contributed by atoms with van der Waals surface area (Å²) in [7, 11) is 0. The molecule has 1 aliphatic heterocycles. The zero-order chi connectivity index (χ0) is 17.7. The smallest absolute Gasteiger partial charge is 0.338 e. The van der Waals surface area contributed by atoms with E-state index < -0.39 is 23.8 Å². The third-order valence-corrected chi connectivity index (χ3v) is 4.24. The second-order valence-corrected chi connectivity index (χ2v) is 6.37. The van der Waals surface area contributed by atoms with Gasteiger partial charge in [0.25, 0.3) is 0 Å². The summed E-state index contributed by atoms with van der Waals surface area (Å²) >= 11 is 0. The summed E-state index contributed by atoms with van der Waals surface area (Å²) in [6.07, 6.45) is -2.09. The summed E-state index contributed by atoms with van der Waals surface area (Å²) in [5.74, 6) is -0.677. The summed E-state index contributed by atoms with van der Waals surface area (Å²) < 4.78 is 16.9. The average molecular weight is 342 g/mol. The molecule has 0 bridgehead atoms. The van der Waals surface area contributed by atoms with Crippen LogP contribution in [0.15, 0.2) is 60.7 Å². The molecule has 0 saturated carbocycles. The van der Waals surface area contributed by atoms with Gasteiger partial charge >= 0.3 is 5.97 Å². The Morgan fingerprint density at radius 3 is 2.16 bits per heavy atom. The fourth-order valence-corrected chi connectivity index (χ4v) is 2.89. The van der Waals surface area contributed by atoms with Crippen molar-refractivity contribution in [1.29, 1.82) is 0 Å². The molecule has 0 aliphatic carbocycles. The number of esters is 1. The molecular weight excluding hydrogens is 320 g/mol. The first-order chi connectivity index (χ1) is 12.1. The quantitative estimate of drug-likeness (QED) is 0.783. The molecule has 1 N–H and O–H groups in total. The molecule has 0 amide bonds. The monoisotopic (exact) mass is 342 g/mol. The zero-order valence-electron chi connectivity index (χ0n) is 14.1. The molecular formula is C20H22O5. The lowest BCUT2D eigenvalue weighted by Crippen LogP contribution is -2.46. The maximum atomic E-state index is 11.8. The van der Waals surface area contributed by atoms with E-state index in [9.17, 15) is 9.90 Å². The summed E-state index contributed by atoms with van der Waals surface area (Å²) in [6, 6.07) is 19.3. The Bertz CT molecular complexity index is 688. The highest BCUT2D eigenvalue weighted by Crippen LogP contribution is 2.31. The number of benzene rings is 2. The van der Waals surface area contributed by atoms with Crippen molar-refractivity contribution in [3.63, 3.8) is 0 Å². The van der Waals surface area contributed by atoms with Gasteiger partial charge in [-0.3, -0.25) is 0 Å². The summed E-state index contributed by atoms with van der Waals surface area (Å²) in [5.41, 5.74) is 0.958. The number of hydrogen-bond acceptors (Lipinski definition) is 5. The maximum absolute atomic E-state index is 11.8. The van der Waals surface area contributed by atoms with Crippen LogP contribution in [0.1, 0.15) is 18.1 Å². The van der Waals surface area contributed by atoms with Crippen LogP contribution in [0, 0.1) is 0 Å². The summed E-state index contributed by atoms with van der Waals surface area (Å²) in [5, 5.41) is 10.1. The van der Waals surface area contributed by atoms with Crippen LogP contribution in [0.2, 0.25) is 0 Å². The van der Waals surface area contributed by atoms with E-state index in [2.05, 4.69) is 0 Å². The molecule has 5 heteroatoms. The largest absolute Gasteiger partial charge is 0.452 e. The minimum atomic E-state index is -1.31. The third-order valence-electron chi connectivity index (χ3n) is 4.24. The fourth-order valence-electron chi connectivity index (χ4n) is 2.89. The van der Waals surface area contributed by atoms with Gasteiger partial charge in [-0.15, -0.1) is 0 Å². The van der Waals surface area contributed by atoms with Crippen molar-refractivity contribution < 1.29 is 24.1 Å². The predicted octanol–water partition coefficient (Wildman–Crippen LogP) is 2.47. The van der Waals surface area contributed by atoms with Crippen LogP contribution in [0.3, 0.4) is 0 Å². The number of carbonyl (C=O) groups excluding carboxylic acids is 1. The van der Waals surface area contributed by atoms with Gasteiger partial charge in [0.2, 0.25) is 0 Å². The van der Waals surface area contributed by atoms with Gasteiger partial charge in [0, 0.05) is 0 Å². The molecule has 1 saturated heterocycles. The molecule has 5 nitrogen and oxygen atoms in total. The molecule has 0 spiro atoms. The van der Waals surface area contributed by atoms with E-state index in [1.165, 1.54) is 0 Å². The van der Waals surface area contributed by atoms with E-state index >= 15 is 0 Å². The molecule has 1 heterocycles. The average Bonchev–Trinajstić information content (AvgIpc) is 2.84. The van der Waals surface area contributed by atoms with Crippen molar-refractivity contribution in [2.45, 2.75) is 37.9 Å². The predicted molar refractivity (Wildman–Crippen MR) is 91.6 cm³/mol. The molecule has 0 unspecified atom stereocenters. The molecule has 3 rings (SSSR count). The minimum absolute atomic E-state index is 0.143. The Morgan fingerprint density at radius 2 is 1.56 bits per heavy atom. The van der Waals surface area contributed by atoms with Gasteiger partial charge in [-0.25, -0.2) is 4.79 Å². The van der Waals surface area contributed by atoms with Gasteiger partial charge in [0.1, 0.15) is 6.10 Å². The van der Waals surface area contributed by atoms with Crippen molar-refractivity contribution in [2.75, 3.05) is 6.61 Å². The van der Waals surface area contributed by atoms with E-state index in [4.69, 9.17) is 14.2 Å². The number of rotatable bonds is 7. The Hall–Kier alpha value is -2.21. The zero-order valence-corrected chi connectivity index (χ0v) is 14.1. The van der Waals surface area contributed by atoms with Crippen LogP contribution in [0.5, 0.6) is 0 Å². The number of cyclic esters (lactones) is 1. The molecule has 25 heavy (non-hydrogen) atoms. The SMILES string of the molecule is C[C@]1(COCc2ccccc2)OC(=O)[C@H](O)[C@@H]1OCc1ccccc1. The molecule has 1 aliphatic rings. The van der Waals surface area contributed by atoms with Crippen LogP contribution in [-0.4, -0.2) is 35.5 Å². The van der Waals surface area contributed by atoms with Crippen LogP contribution in [0.4, 0.5) is 0 Å². The Labute approximate surface area is 147 Å². The van der Waals surface area contributed by atoms with Crippen molar-refractivity contribution >= 4 is 5.97 Å². The number of aliphatic hydroxyl groups is 1. The molecule has 132 valence electrons. The van der Waals surface area contributed by atoms with Gasteiger partial charge in [-0.05, 0) is 18.1 Å². The number of ether oxygens (including phenoxy) is 3. The van der Waals surface area contributed by atoms with Crippen LogP contribution >= 0.6 is 0 Å². The highest BCUT2D eigenvalue weighted by molar-refractivity contribution is 5.78. The van der Waals surface area contributed by atoms with Gasteiger partial charge < -0.3 is 19.3 Å². The Morgan fingerprint density at radius 1 is 1.00 bits per heavy atom. The van der Waals surface area contributed by atoms with Gasteiger partial charge in [-0.2, -0.15) is 0 Å². The second kappa shape index (κ2) is 7.78. The standard InChI is InChI=1S/C20H22O5/c1-20(14-23-12-15-8-4-2-5-9-15)18(17(21)19(22)25-20)24-13-16-10-6-3-7-11-16/h2-11,17-18,21H,12-14H2,1H3/t17-,18+,20-/m1/s1. The van der Waals surface area contributed by atoms with Gasteiger partial charge in [0.15, 0.2) is 11.7 Å². The Kier molecular flexibility index (Phi) is 5.48. The first-order valence-electron chi connectivity index (χ1n) is 8.27. The van der Waals surface area contributed by atoms with Gasteiger partial charge in [0.05, 0.1) is 19.8 Å². The molecule has 2 aromatic carbocycles. The summed E-state index contributed by atoms with van der Waals surface area (Å²) in [6.45, 7) is 2.55. The van der Waals surface area contributed by atoms with Crippen LogP contribution < -0.4 is 0 Å².